The fraction of sp³-hybridized carbons (Fsp3) is 0.429. The van der Waals surface area contributed by atoms with Crippen LogP contribution in [-0.2, 0) is 10.0 Å². The number of sulfonamides is 1. The molecule has 0 saturated carbocycles. The van der Waals surface area contributed by atoms with Gasteiger partial charge in [0.1, 0.15) is 23.1 Å². The van der Waals surface area contributed by atoms with Gasteiger partial charge in [0.25, 0.3) is 0 Å². The number of aliphatic hydroxyl groups excluding tert-OH is 1. The summed E-state index contributed by atoms with van der Waals surface area (Å²) in [5, 5.41) is 8.68. The lowest BCUT2D eigenvalue weighted by molar-refractivity contribution is 0.350. The van der Waals surface area contributed by atoms with Gasteiger partial charge in [-0.25, -0.2) is 17.2 Å². The lowest BCUT2D eigenvalue weighted by Crippen LogP contribution is -2.37. The molecule has 0 aromatic heterocycles. The molecular formula is C14H17F2NO3S. The summed E-state index contributed by atoms with van der Waals surface area (Å²) in [7, 11) is -4.15. The second kappa shape index (κ2) is 6.98. The van der Waals surface area contributed by atoms with Gasteiger partial charge in [-0.2, -0.15) is 4.31 Å². The average molecular weight is 317 g/mol. The molecule has 4 nitrogen and oxygen atoms in total. The topological polar surface area (TPSA) is 57.6 Å². The smallest absolute Gasteiger partial charge is 0.247 e. The van der Waals surface area contributed by atoms with Gasteiger partial charge in [-0.05, 0) is 19.9 Å². The first-order chi connectivity index (χ1) is 9.75. The average Bonchev–Trinajstić information content (AvgIpc) is 2.34. The first kappa shape index (κ1) is 17.6. The number of hydrogen-bond donors (Lipinski definition) is 1. The van der Waals surface area contributed by atoms with Gasteiger partial charge in [-0.15, -0.1) is 0 Å². The van der Waals surface area contributed by atoms with Crippen molar-refractivity contribution < 1.29 is 22.3 Å². The van der Waals surface area contributed by atoms with E-state index in [1.54, 1.807) is 20.8 Å². The Kier molecular flexibility index (Phi) is 5.84. The van der Waals surface area contributed by atoms with Crippen molar-refractivity contribution in [2.45, 2.75) is 31.7 Å². The minimum atomic E-state index is -4.15. The van der Waals surface area contributed by atoms with Crippen LogP contribution in [0.5, 0.6) is 0 Å². The number of halogens is 2. The Hall–Kier alpha value is -1.49. The fourth-order valence-corrected chi connectivity index (χ4v) is 3.80. The van der Waals surface area contributed by atoms with Crippen LogP contribution in [0.1, 0.15) is 26.3 Å². The summed E-state index contributed by atoms with van der Waals surface area (Å²) < 4.78 is 53.5. The van der Waals surface area contributed by atoms with Gasteiger partial charge in [0.2, 0.25) is 10.0 Å². The van der Waals surface area contributed by atoms with Crippen molar-refractivity contribution in [3.8, 4) is 11.8 Å². The largest absolute Gasteiger partial charge is 0.384 e. The summed E-state index contributed by atoms with van der Waals surface area (Å²) in [6.07, 6.45) is 0. The molecule has 0 amide bonds. The standard InChI is InChI=1S/C14H17F2NO3S/c1-4-17(10(2)3)21(19,20)14-11(6-5-7-18)8-12(15)9-13(14)16/h8-10,18H,4,7H2,1-3H3. The quantitative estimate of drug-likeness (QED) is 0.861. The lowest BCUT2D eigenvalue weighted by Gasteiger charge is -2.25. The fourth-order valence-electron chi connectivity index (χ4n) is 1.98. The lowest BCUT2D eigenvalue weighted by atomic mass is 10.2. The van der Waals surface area contributed by atoms with Crippen LogP contribution >= 0.6 is 0 Å². The van der Waals surface area contributed by atoms with E-state index in [1.165, 1.54) is 0 Å². The predicted octanol–water partition coefficient (Wildman–Crippen LogP) is 1.73. The number of hydrogen-bond acceptors (Lipinski definition) is 3. The molecule has 0 aliphatic rings. The zero-order valence-corrected chi connectivity index (χ0v) is 12.8. The molecule has 0 radical (unpaired) electrons. The zero-order chi connectivity index (χ0) is 16.2. The summed E-state index contributed by atoms with van der Waals surface area (Å²) in [5.41, 5.74) is -0.305. The molecule has 0 heterocycles. The van der Waals surface area contributed by atoms with E-state index < -0.39 is 33.2 Å². The Labute approximate surface area is 123 Å². The van der Waals surface area contributed by atoms with Gasteiger partial charge >= 0.3 is 0 Å². The monoisotopic (exact) mass is 317 g/mol. The molecule has 7 heteroatoms. The maximum atomic E-state index is 14.0. The Morgan fingerprint density at radius 1 is 1.33 bits per heavy atom. The van der Waals surface area contributed by atoms with Gasteiger partial charge in [-0.1, -0.05) is 18.8 Å². The number of nitrogens with zero attached hydrogens (tertiary/aromatic N) is 1. The van der Waals surface area contributed by atoms with Crippen LogP contribution in [0.4, 0.5) is 8.78 Å². The van der Waals surface area contributed by atoms with Crippen LogP contribution < -0.4 is 0 Å². The molecule has 0 aliphatic carbocycles. The number of aliphatic hydroxyl groups is 1. The van der Waals surface area contributed by atoms with E-state index in [4.69, 9.17) is 5.11 Å². The van der Waals surface area contributed by atoms with Crippen LogP contribution in [0, 0.1) is 23.5 Å². The number of rotatable bonds is 4. The van der Waals surface area contributed by atoms with E-state index in [1.807, 2.05) is 0 Å². The second-order valence-corrected chi connectivity index (χ2v) is 6.35. The molecule has 1 aromatic carbocycles. The van der Waals surface area contributed by atoms with E-state index in [0.29, 0.717) is 6.07 Å². The van der Waals surface area contributed by atoms with Crippen molar-refractivity contribution in [2.24, 2.45) is 0 Å². The molecule has 0 unspecified atom stereocenters. The summed E-state index contributed by atoms with van der Waals surface area (Å²) >= 11 is 0. The first-order valence-corrected chi connectivity index (χ1v) is 7.80. The van der Waals surface area contributed by atoms with Gasteiger partial charge < -0.3 is 5.11 Å². The van der Waals surface area contributed by atoms with Crippen molar-refractivity contribution in [1.29, 1.82) is 0 Å². The van der Waals surface area contributed by atoms with Crippen LogP contribution in [0.25, 0.3) is 0 Å². The highest BCUT2D eigenvalue weighted by molar-refractivity contribution is 7.89. The Balaban J connectivity index is 3.61. The highest BCUT2D eigenvalue weighted by Crippen LogP contribution is 2.25. The second-order valence-electron chi connectivity index (χ2n) is 4.53. The van der Waals surface area contributed by atoms with E-state index in [2.05, 4.69) is 11.8 Å². The van der Waals surface area contributed by atoms with Crippen LogP contribution in [-0.4, -0.2) is 37.0 Å². The van der Waals surface area contributed by atoms with Gasteiger partial charge in [0, 0.05) is 18.7 Å². The van der Waals surface area contributed by atoms with Crippen molar-refractivity contribution in [2.75, 3.05) is 13.2 Å². The first-order valence-electron chi connectivity index (χ1n) is 6.36. The third kappa shape index (κ3) is 3.79. The molecule has 0 saturated heterocycles. The van der Waals surface area contributed by atoms with Crippen LogP contribution in [0.3, 0.4) is 0 Å². The van der Waals surface area contributed by atoms with Crippen LogP contribution in [0.15, 0.2) is 17.0 Å². The summed E-state index contributed by atoms with van der Waals surface area (Å²) in [6.45, 7) is 4.53. The maximum absolute atomic E-state index is 14.0. The Bertz CT molecular complexity index is 675. The minimum Gasteiger partial charge on any atom is -0.384 e. The SMILES string of the molecule is CCN(C(C)C)S(=O)(=O)c1c(F)cc(F)cc1C#CCO. The molecule has 0 bridgehead atoms. The Morgan fingerprint density at radius 2 is 1.95 bits per heavy atom. The third-order valence-electron chi connectivity index (χ3n) is 2.76. The van der Waals surface area contributed by atoms with Gasteiger partial charge in [-0.3, -0.25) is 0 Å². The van der Waals surface area contributed by atoms with E-state index in [-0.39, 0.29) is 18.2 Å². The highest BCUT2D eigenvalue weighted by Gasteiger charge is 2.31. The Morgan fingerprint density at radius 3 is 2.43 bits per heavy atom. The molecular weight excluding hydrogens is 300 g/mol. The van der Waals surface area contributed by atoms with Crippen molar-refractivity contribution in [1.82, 2.24) is 4.31 Å². The maximum Gasteiger partial charge on any atom is 0.247 e. The molecule has 0 aliphatic heterocycles. The molecule has 1 rings (SSSR count). The molecule has 0 spiro atoms. The molecule has 0 atom stereocenters. The summed E-state index contributed by atoms with van der Waals surface area (Å²) in [5.74, 6) is 2.36. The van der Waals surface area contributed by atoms with Crippen molar-refractivity contribution in [3.05, 3.63) is 29.3 Å². The van der Waals surface area contributed by atoms with Crippen LogP contribution in [0.2, 0.25) is 0 Å². The molecule has 116 valence electrons. The summed E-state index contributed by atoms with van der Waals surface area (Å²) in [4.78, 5) is -0.666. The predicted molar refractivity (Wildman–Crippen MR) is 75.0 cm³/mol. The third-order valence-corrected chi connectivity index (χ3v) is 4.99. The summed E-state index contributed by atoms with van der Waals surface area (Å²) in [6, 6.07) is 0.959. The molecule has 1 N–H and O–H groups in total. The molecule has 1 aromatic rings. The normalized spacial score (nSPS) is 11.6. The van der Waals surface area contributed by atoms with E-state index in [0.717, 1.165) is 10.4 Å². The molecule has 21 heavy (non-hydrogen) atoms. The van der Waals surface area contributed by atoms with Crippen molar-refractivity contribution >= 4 is 10.0 Å². The zero-order valence-electron chi connectivity index (χ0n) is 12.0. The van der Waals surface area contributed by atoms with Gasteiger partial charge in [0.15, 0.2) is 0 Å². The highest BCUT2D eigenvalue weighted by atomic mass is 32.2. The van der Waals surface area contributed by atoms with E-state index >= 15 is 0 Å². The van der Waals surface area contributed by atoms with E-state index in [9.17, 15) is 17.2 Å². The van der Waals surface area contributed by atoms with Gasteiger partial charge in [0.05, 0.1) is 5.56 Å². The number of benzene rings is 1. The molecule has 0 fully saturated rings. The minimum absolute atomic E-state index is 0.143. The van der Waals surface area contributed by atoms with Crippen molar-refractivity contribution in [3.63, 3.8) is 0 Å².